The Labute approximate surface area is 234 Å². The summed E-state index contributed by atoms with van der Waals surface area (Å²) in [7, 11) is 1.92. The highest BCUT2D eigenvalue weighted by Crippen LogP contribution is 2.44. The minimum absolute atomic E-state index is 0.00528. The van der Waals surface area contributed by atoms with E-state index in [9.17, 15) is 28.3 Å². The van der Waals surface area contributed by atoms with Crippen LogP contribution in [0.1, 0.15) is 64.3 Å². The highest BCUT2D eigenvalue weighted by atomic mass is 19.1. The van der Waals surface area contributed by atoms with Gasteiger partial charge in [-0.3, -0.25) is 19.4 Å². The molecule has 1 spiro atoms. The third-order valence-corrected chi connectivity index (χ3v) is 7.97. The molecule has 2 aliphatic heterocycles. The largest absolute Gasteiger partial charge is 0.503 e. The molecule has 3 unspecified atom stereocenters. The first-order chi connectivity index (χ1) is 19.6. The van der Waals surface area contributed by atoms with Gasteiger partial charge < -0.3 is 24.7 Å². The van der Waals surface area contributed by atoms with Crippen molar-refractivity contribution >= 4 is 17.9 Å². The molecule has 0 aliphatic carbocycles. The van der Waals surface area contributed by atoms with Crippen molar-refractivity contribution in [3.63, 3.8) is 0 Å². The standard InChI is InChI=1S/C29H29F2N5O5/c1-17-8-9-29(12-23(34-41-29)22-5-3-4-10-32-22)25(15-35(17)2)36-14-20(26(38)27(39)24(36)16-37)28(40)33-13-18-6-7-19(30)11-21(18)31/h3-7,10-11,14,16-17,25,39H,8-9,12-13,15H2,1-2H3,(H,33,40). The first kappa shape index (κ1) is 28.1. The summed E-state index contributed by atoms with van der Waals surface area (Å²) < 4.78 is 28.8. The molecular formula is C29H29F2N5O5. The third kappa shape index (κ3) is 5.34. The quantitative estimate of drug-likeness (QED) is 0.440. The summed E-state index contributed by atoms with van der Waals surface area (Å²) in [5, 5.41) is 17.6. The van der Waals surface area contributed by atoms with E-state index in [4.69, 9.17) is 4.84 Å². The number of aldehydes is 1. The average Bonchev–Trinajstić information content (AvgIpc) is 3.36. The van der Waals surface area contributed by atoms with Gasteiger partial charge in [0, 0.05) is 49.6 Å². The van der Waals surface area contributed by atoms with Crippen LogP contribution in [-0.4, -0.2) is 62.7 Å². The molecule has 214 valence electrons. The van der Waals surface area contributed by atoms with Crippen LogP contribution in [0.5, 0.6) is 5.75 Å². The minimum Gasteiger partial charge on any atom is -0.503 e. The molecule has 1 aromatic carbocycles. The van der Waals surface area contributed by atoms with Crippen LogP contribution in [0.15, 0.2) is 58.7 Å². The van der Waals surface area contributed by atoms with Gasteiger partial charge in [0.25, 0.3) is 5.91 Å². The summed E-state index contributed by atoms with van der Waals surface area (Å²) in [6.07, 6.45) is 4.84. The Morgan fingerprint density at radius 2 is 2.10 bits per heavy atom. The molecule has 12 heteroatoms. The summed E-state index contributed by atoms with van der Waals surface area (Å²) in [6.45, 7) is 2.07. The lowest BCUT2D eigenvalue weighted by Crippen LogP contribution is -2.45. The molecular weight excluding hydrogens is 536 g/mol. The Morgan fingerprint density at radius 3 is 2.80 bits per heavy atom. The van der Waals surface area contributed by atoms with Crippen molar-refractivity contribution in [1.29, 1.82) is 0 Å². The van der Waals surface area contributed by atoms with E-state index in [1.165, 1.54) is 16.8 Å². The fourth-order valence-corrected chi connectivity index (χ4v) is 5.38. The number of carbonyl (C=O) groups is 2. The maximum Gasteiger partial charge on any atom is 0.257 e. The van der Waals surface area contributed by atoms with Crippen LogP contribution in [0.3, 0.4) is 0 Å². The van der Waals surface area contributed by atoms with Gasteiger partial charge in [-0.05, 0) is 45.0 Å². The summed E-state index contributed by atoms with van der Waals surface area (Å²) >= 11 is 0. The van der Waals surface area contributed by atoms with E-state index < -0.39 is 45.9 Å². The van der Waals surface area contributed by atoms with Crippen LogP contribution in [0.2, 0.25) is 0 Å². The van der Waals surface area contributed by atoms with Crippen molar-refractivity contribution in [3.05, 3.63) is 93.2 Å². The predicted octanol–water partition coefficient (Wildman–Crippen LogP) is 3.19. The number of amides is 1. The van der Waals surface area contributed by atoms with E-state index in [0.29, 0.717) is 43.1 Å². The van der Waals surface area contributed by atoms with Crippen molar-refractivity contribution in [2.45, 2.75) is 50.4 Å². The van der Waals surface area contributed by atoms with E-state index in [1.807, 2.05) is 19.2 Å². The molecule has 3 atom stereocenters. The molecule has 41 heavy (non-hydrogen) atoms. The second-order valence-corrected chi connectivity index (χ2v) is 10.5. The molecule has 10 nitrogen and oxygen atoms in total. The number of likely N-dealkylation sites (tertiary alicyclic amines) is 1. The molecule has 1 saturated heterocycles. The topological polar surface area (TPSA) is 126 Å². The van der Waals surface area contributed by atoms with Crippen LogP contribution in [0.25, 0.3) is 0 Å². The average molecular weight is 566 g/mol. The Kier molecular flexibility index (Phi) is 7.68. The molecule has 1 fully saturated rings. The van der Waals surface area contributed by atoms with Crippen LogP contribution in [-0.2, 0) is 11.4 Å². The molecule has 0 radical (unpaired) electrons. The fraction of sp³-hybridized carbons (Fsp3) is 0.345. The zero-order chi connectivity index (χ0) is 29.3. The summed E-state index contributed by atoms with van der Waals surface area (Å²) in [6, 6.07) is 7.84. The van der Waals surface area contributed by atoms with Crippen molar-refractivity contribution in [3.8, 4) is 5.75 Å². The van der Waals surface area contributed by atoms with Gasteiger partial charge in [-0.25, -0.2) is 8.78 Å². The summed E-state index contributed by atoms with van der Waals surface area (Å²) in [5.41, 5.74) is -1.53. The highest BCUT2D eigenvalue weighted by Gasteiger charge is 2.50. The van der Waals surface area contributed by atoms with E-state index >= 15 is 0 Å². The predicted molar refractivity (Wildman–Crippen MR) is 145 cm³/mol. The number of benzene rings is 1. The number of oxime groups is 1. The SMILES string of the molecule is CC1CCC2(CC(c3ccccn3)=NO2)C(n2cc(C(=O)NCc3ccc(F)cc3F)c(=O)c(O)c2C=O)CN1C. The van der Waals surface area contributed by atoms with Gasteiger partial charge in [-0.1, -0.05) is 17.3 Å². The lowest BCUT2D eigenvalue weighted by atomic mass is 9.83. The Hall–Kier alpha value is -4.45. The smallest absolute Gasteiger partial charge is 0.257 e. The maximum absolute atomic E-state index is 14.1. The molecule has 2 aliphatic rings. The number of pyridine rings is 2. The zero-order valence-electron chi connectivity index (χ0n) is 22.5. The highest BCUT2D eigenvalue weighted by molar-refractivity contribution is 6.00. The van der Waals surface area contributed by atoms with Gasteiger partial charge in [0.05, 0.1) is 11.7 Å². The second kappa shape index (κ2) is 11.2. The monoisotopic (exact) mass is 565 g/mol. The van der Waals surface area contributed by atoms with Gasteiger partial charge >= 0.3 is 0 Å². The van der Waals surface area contributed by atoms with Crippen molar-refractivity contribution in [1.82, 2.24) is 19.8 Å². The number of rotatable bonds is 6. The Balaban J connectivity index is 1.54. The molecule has 3 aromatic rings. The lowest BCUT2D eigenvalue weighted by molar-refractivity contribution is -0.0631. The molecule has 0 saturated carbocycles. The second-order valence-electron chi connectivity index (χ2n) is 10.5. The number of nitrogens with one attached hydrogen (secondary N) is 1. The Bertz CT molecular complexity index is 1580. The van der Waals surface area contributed by atoms with Crippen LogP contribution >= 0.6 is 0 Å². The molecule has 2 aromatic heterocycles. The minimum atomic E-state index is -1.05. The number of likely N-dealkylation sites (N-methyl/N-ethyl adjacent to an activating group) is 1. The summed E-state index contributed by atoms with van der Waals surface area (Å²) in [4.78, 5) is 51.0. The van der Waals surface area contributed by atoms with E-state index in [1.54, 1.807) is 12.3 Å². The van der Waals surface area contributed by atoms with Gasteiger partial charge in [-0.2, -0.15) is 0 Å². The van der Waals surface area contributed by atoms with Crippen LogP contribution in [0, 0.1) is 11.6 Å². The lowest BCUT2D eigenvalue weighted by Gasteiger charge is -2.37. The van der Waals surface area contributed by atoms with Crippen molar-refractivity contribution in [2.75, 3.05) is 13.6 Å². The normalized spacial score (nSPS) is 22.6. The maximum atomic E-state index is 14.1. The molecule has 2 N–H and O–H groups in total. The number of carbonyl (C=O) groups excluding carboxylic acids is 2. The van der Waals surface area contributed by atoms with Crippen molar-refractivity contribution < 1.29 is 28.3 Å². The van der Waals surface area contributed by atoms with E-state index in [-0.39, 0.29) is 23.8 Å². The number of aromatic hydroxyl groups is 1. The van der Waals surface area contributed by atoms with Gasteiger partial charge in [0.15, 0.2) is 17.6 Å². The number of hydrogen-bond donors (Lipinski definition) is 2. The van der Waals surface area contributed by atoms with Crippen LogP contribution < -0.4 is 10.7 Å². The van der Waals surface area contributed by atoms with Gasteiger partial charge in [0.1, 0.15) is 28.6 Å². The van der Waals surface area contributed by atoms with E-state index in [0.717, 1.165) is 12.5 Å². The third-order valence-electron chi connectivity index (χ3n) is 7.97. The zero-order valence-corrected chi connectivity index (χ0v) is 22.5. The van der Waals surface area contributed by atoms with Crippen molar-refractivity contribution in [2.24, 2.45) is 5.16 Å². The number of aromatic nitrogens is 2. The molecule has 0 bridgehead atoms. The Morgan fingerprint density at radius 1 is 1.29 bits per heavy atom. The van der Waals surface area contributed by atoms with Gasteiger partial charge in [-0.15, -0.1) is 0 Å². The first-order valence-electron chi connectivity index (χ1n) is 13.2. The first-order valence-corrected chi connectivity index (χ1v) is 13.2. The summed E-state index contributed by atoms with van der Waals surface area (Å²) in [5.74, 6) is -3.42. The van der Waals surface area contributed by atoms with Gasteiger partial charge in [0.2, 0.25) is 5.43 Å². The fourth-order valence-electron chi connectivity index (χ4n) is 5.38. The van der Waals surface area contributed by atoms with E-state index in [2.05, 4.69) is 27.3 Å². The molecule has 4 heterocycles. The molecule has 1 amide bonds. The van der Waals surface area contributed by atoms with Crippen LogP contribution in [0.4, 0.5) is 8.78 Å². The number of halogens is 2. The number of hydrogen-bond acceptors (Lipinski definition) is 8. The molecule has 5 rings (SSSR count). The number of nitrogens with zero attached hydrogens (tertiary/aromatic N) is 4.